The van der Waals surface area contributed by atoms with Crippen molar-refractivity contribution in [3.63, 3.8) is 0 Å². The van der Waals surface area contributed by atoms with Gasteiger partial charge in [-0.15, -0.1) is 23.2 Å². The van der Waals surface area contributed by atoms with Crippen LogP contribution in [0.3, 0.4) is 0 Å². The van der Waals surface area contributed by atoms with Crippen LogP contribution in [-0.4, -0.2) is 23.2 Å². The minimum atomic E-state index is -0.642. The number of carbonyl (C=O) groups excluding carboxylic acids is 1. The number of halogens is 2. The Hall–Kier alpha value is -0.150. The predicted octanol–water partition coefficient (Wildman–Crippen LogP) is 2.10. The van der Waals surface area contributed by atoms with E-state index >= 15 is 0 Å². The second-order valence-corrected chi connectivity index (χ2v) is 3.63. The summed E-state index contributed by atoms with van der Waals surface area (Å²) < 4.78 is 9.45. The van der Waals surface area contributed by atoms with Gasteiger partial charge in [-0.3, -0.25) is 0 Å². The van der Waals surface area contributed by atoms with Gasteiger partial charge < -0.3 is 9.47 Å². The van der Waals surface area contributed by atoms with E-state index in [4.69, 9.17) is 32.7 Å². The molecule has 0 amide bonds. The van der Waals surface area contributed by atoms with Gasteiger partial charge in [-0.2, -0.15) is 0 Å². The van der Waals surface area contributed by atoms with Gasteiger partial charge in [-0.1, -0.05) is 0 Å². The highest BCUT2D eigenvalue weighted by Crippen LogP contribution is 2.22. The standard InChI is InChI=1S/C6H8Cl2O3/c1-3-4(2-5(7)8)11-6(9)10-3/h3-5H,2H2,1H3/t3-,4-/m0/s1. The monoisotopic (exact) mass is 198 g/mol. The molecule has 1 aliphatic heterocycles. The van der Waals surface area contributed by atoms with Gasteiger partial charge in [0.25, 0.3) is 0 Å². The van der Waals surface area contributed by atoms with Gasteiger partial charge >= 0.3 is 6.16 Å². The minimum Gasteiger partial charge on any atom is -0.427 e. The van der Waals surface area contributed by atoms with E-state index in [1.165, 1.54) is 0 Å². The van der Waals surface area contributed by atoms with Gasteiger partial charge in [-0.25, -0.2) is 4.79 Å². The zero-order valence-electron chi connectivity index (χ0n) is 5.92. The number of hydrogen-bond donors (Lipinski definition) is 0. The smallest absolute Gasteiger partial charge is 0.427 e. The average molecular weight is 199 g/mol. The van der Waals surface area contributed by atoms with E-state index < -0.39 is 11.0 Å². The maximum Gasteiger partial charge on any atom is 0.509 e. The van der Waals surface area contributed by atoms with E-state index in [0.29, 0.717) is 6.42 Å². The van der Waals surface area contributed by atoms with Crippen molar-refractivity contribution in [3.8, 4) is 0 Å². The average Bonchev–Trinajstić information content (AvgIpc) is 2.09. The summed E-state index contributed by atoms with van der Waals surface area (Å²) in [4.78, 5) is 10.00. The maximum absolute atomic E-state index is 10.5. The van der Waals surface area contributed by atoms with Crippen LogP contribution >= 0.6 is 23.2 Å². The lowest BCUT2D eigenvalue weighted by Gasteiger charge is -2.10. The molecule has 1 aliphatic rings. The van der Waals surface area contributed by atoms with Crippen molar-refractivity contribution in [1.82, 2.24) is 0 Å². The van der Waals surface area contributed by atoms with Crippen LogP contribution in [0.4, 0.5) is 4.79 Å². The lowest BCUT2D eigenvalue weighted by Crippen LogP contribution is -2.21. The molecule has 3 nitrogen and oxygen atoms in total. The lowest BCUT2D eigenvalue weighted by molar-refractivity contribution is 0.116. The van der Waals surface area contributed by atoms with Crippen LogP contribution in [0, 0.1) is 0 Å². The Bertz CT molecular complexity index is 160. The molecule has 1 heterocycles. The third kappa shape index (κ3) is 2.42. The quantitative estimate of drug-likeness (QED) is 0.504. The Kier molecular flexibility index (Phi) is 2.84. The molecule has 0 unspecified atom stereocenters. The molecule has 0 spiro atoms. The topological polar surface area (TPSA) is 35.5 Å². The molecule has 1 saturated heterocycles. The fraction of sp³-hybridized carbons (Fsp3) is 0.833. The molecule has 0 aliphatic carbocycles. The Morgan fingerprint density at radius 2 is 2.18 bits per heavy atom. The van der Waals surface area contributed by atoms with Crippen LogP contribution in [0.5, 0.6) is 0 Å². The zero-order chi connectivity index (χ0) is 8.43. The maximum atomic E-state index is 10.5. The minimum absolute atomic E-state index is 0.248. The van der Waals surface area contributed by atoms with Crippen molar-refractivity contribution in [2.24, 2.45) is 0 Å². The number of hydrogen-bond acceptors (Lipinski definition) is 3. The SMILES string of the molecule is C[C@@H]1OC(=O)O[C@H]1CC(Cl)Cl. The van der Waals surface area contributed by atoms with E-state index in [0.717, 1.165) is 0 Å². The predicted molar refractivity (Wildman–Crippen MR) is 40.9 cm³/mol. The van der Waals surface area contributed by atoms with Crippen LogP contribution < -0.4 is 0 Å². The molecule has 0 aromatic rings. The van der Waals surface area contributed by atoms with E-state index in [9.17, 15) is 4.79 Å². The van der Waals surface area contributed by atoms with Gasteiger partial charge in [-0.05, 0) is 6.92 Å². The first-order valence-electron chi connectivity index (χ1n) is 3.25. The molecule has 0 radical (unpaired) electrons. The van der Waals surface area contributed by atoms with Crippen molar-refractivity contribution >= 4 is 29.4 Å². The molecule has 1 fully saturated rings. The van der Waals surface area contributed by atoms with Gasteiger partial charge in [0.15, 0.2) is 0 Å². The van der Waals surface area contributed by atoms with Gasteiger partial charge in [0.2, 0.25) is 0 Å². The number of alkyl halides is 2. The van der Waals surface area contributed by atoms with Crippen molar-refractivity contribution in [2.75, 3.05) is 0 Å². The molecule has 11 heavy (non-hydrogen) atoms. The van der Waals surface area contributed by atoms with Crippen LogP contribution in [0.1, 0.15) is 13.3 Å². The summed E-state index contributed by atoms with van der Waals surface area (Å²) >= 11 is 11.0. The largest absolute Gasteiger partial charge is 0.509 e. The lowest BCUT2D eigenvalue weighted by atomic mass is 10.2. The summed E-state index contributed by atoms with van der Waals surface area (Å²) in [6.07, 6.45) is -0.780. The molecule has 1 rings (SSSR count). The summed E-state index contributed by atoms with van der Waals surface area (Å²) in [5, 5.41) is 0. The number of ether oxygens (including phenoxy) is 2. The normalized spacial score (nSPS) is 30.4. The molecule has 0 aromatic heterocycles. The summed E-state index contributed by atoms with van der Waals surface area (Å²) in [5.41, 5.74) is 0. The van der Waals surface area contributed by atoms with E-state index in [2.05, 4.69) is 0 Å². The molecular formula is C6H8Cl2O3. The summed E-state index contributed by atoms with van der Waals surface area (Å²) in [5.74, 6) is 0. The summed E-state index contributed by atoms with van der Waals surface area (Å²) in [6, 6.07) is 0. The first-order chi connectivity index (χ1) is 5.09. The van der Waals surface area contributed by atoms with Crippen LogP contribution in [0.2, 0.25) is 0 Å². The number of cyclic esters (lactones) is 2. The van der Waals surface area contributed by atoms with Crippen molar-refractivity contribution in [3.05, 3.63) is 0 Å². The van der Waals surface area contributed by atoms with Crippen LogP contribution in [-0.2, 0) is 9.47 Å². The zero-order valence-corrected chi connectivity index (χ0v) is 7.43. The van der Waals surface area contributed by atoms with Gasteiger partial charge in [0.05, 0.1) is 0 Å². The van der Waals surface area contributed by atoms with E-state index in [-0.39, 0.29) is 12.2 Å². The Labute approximate surface area is 74.6 Å². The Morgan fingerprint density at radius 1 is 1.55 bits per heavy atom. The molecular weight excluding hydrogens is 191 g/mol. The van der Waals surface area contributed by atoms with Crippen molar-refractivity contribution in [2.45, 2.75) is 30.4 Å². The summed E-state index contributed by atoms with van der Waals surface area (Å²) in [6.45, 7) is 1.74. The fourth-order valence-electron chi connectivity index (χ4n) is 0.890. The third-order valence-electron chi connectivity index (χ3n) is 1.46. The Morgan fingerprint density at radius 3 is 2.55 bits per heavy atom. The molecule has 0 aromatic carbocycles. The van der Waals surface area contributed by atoms with Crippen molar-refractivity contribution < 1.29 is 14.3 Å². The fourth-order valence-corrected chi connectivity index (χ4v) is 1.24. The molecule has 2 atom stereocenters. The highest BCUT2D eigenvalue weighted by atomic mass is 35.5. The number of rotatable bonds is 2. The number of carbonyl (C=O) groups is 1. The van der Waals surface area contributed by atoms with Crippen molar-refractivity contribution in [1.29, 1.82) is 0 Å². The summed E-state index contributed by atoms with van der Waals surface area (Å²) in [7, 11) is 0. The first-order valence-corrected chi connectivity index (χ1v) is 4.12. The van der Waals surface area contributed by atoms with Crippen LogP contribution in [0.25, 0.3) is 0 Å². The van der Waals surface area contributed by atoms with E-state index in [1.807, 2.05) is 0 Å². The Balaban J connectivity index is 2.40. The molecule has 64 valence electrons. The molecule has 0 N–H and O–H groups in total. The molecule has 5 heteroatoms. The second kappa shape index (κ2) is 3.50. The third-order valence-corrected chi connectivity index (χ3v) is 1.82. The highest BCUT2D eigenvalue weighted by molar-refractivity contribution is 6.44. The van der Waals surface area contributed by atoms with Gasteiger partial charge in [0.1, 0.15) is 17.0 Å². The van der Waals surface area contributed by atoms with Crippen LogP contribution in [0.15, 0.2) is 0 Å². The first kappa shape index (κ1) is 8.94. The van der Waals surface area contributed by atoms with E-state index in [1.54, 1.807) is 6.92 Å². The van der Waals surface area contributed by atoms with Gasteiger partial charge in [0, 0.05) is 6.42 Å². The highest BCUT2D eigenvalue weighted by Gasteiger charge is 2.33. The molecule has 0 saturated carbocycles. The molecule has 0 bridgehead atoms. The second-order valence-electron chi connectivity index (χ2n) is 2.36.